The SMILES string of the molecule is NC(=S)Nc1cccc(OCCCCCOc2ccc(C(F)(F)F)cc2)c1. The van der Waals surface area contributed by atoms with Gasteiger partial charge in [-0.3, -0.25) is 0 Å². The first kappa shape index (κ1) is 20.8. The Hall–Kier alpha value is -2.48. The predicted molar refractivity (Wildman–Crippen MR) is 103 cm³/mol. The first-order valence-corrected chi connectivity index (χ1v) is 8.85. The Kier molecular flexibility index (Phi) is 7.72. The van der Waals surface area contributed by atoms with Crippen molar-refractivity contribution in [3.05, 3.63) is 54.1 Å². The highest BCUT2D eigenvalue weighted by Gasteiger charge is 2.29. The minimum Gasteiger partial charge on any atom is -0.494 e. The summed E-state index contributed by atoms with van der Waals surface area (Å²) in [5, 5.41) is 3.04. The van der Waals surface area contributed by atoms with Gasteiger partial charge in [0.05, 0.1) is 18.8 Å². The number of nitrogens with two attached hydrogens (primary N) is 1. The minimum atomic E-state index is -4.33. The highest BCUT2D eigenvalue weighted by atomic mass is 32.1. The number of hydrogen-bond donors (Lipinski definition) is 2. The zero-order chi connectivity index (χ0) is 19.7. The Morgan fingerprint density at radius 3 is 2.15 bits per heavy atom. The van der Waals surface area contributed by atoms with Crippen LogP contribution in [0.3, 0.4) is 0 Å². The summed E-state index contributed by atoms with van der Waals surface area (Å²) in [5.41, 5.74) is 5.52. The van der Waals surface area contributed by atoms with Crippen molar-refractivity contribution in [1.29, 1.82) is 0 Å². The summed E-state index contributed by atoms with van der Waals surface area (Å²) in [6.45, 7) is 0.996. The number of halogens is 3. The second-order valence-corrected chi connectivity index (χ2v) is 6.24. The van der Waals surface area contributed by atoms with E-state index in [9.17, 15) is 13.2 Å². The maximum atomic E-state index is 12.5. The molecule has 0 aliphatic carbocycles. The van der Waals surface area contributed by atoms with Gasteiger partial charge in [-0.2, -0.15) is 13.2 Å². The lowest BCUT2D eigenvalue weighted by Gasteiger charge is -2.10. The van der Waals surface area contributed by atoms with Gasteiger partial charge in [-0.1, -0.05) is 6.07 Å². The van der Waals surface area contributed by atoms with Crippen LogP contribution in [-0.4, -0.2) is 18.3 Å². The number of rotatable bonds is 9. The maximum absolute atomic E-state index is 12.5. The van der Waals surface area contributed by atoms with Gasteiger partial charge in [-0.15, -0.1) is 0 Å². The molecule has 8 heteroatoms. The lowest BCUT2D eigenvalue weighted by atomic mass is 10.2. The molecule has 2 rings (SSSR count). The summed E-state index contributed by atoms with van der Waals surface area (Å²) in [6, 6.07) is 12.0. The van der Waals surface area contributed by atoms with Gasteiger partial charge in [0.1, 0.15) is 11.5 Å². The molecule has 2 aromatic carbocycles. The monoisotopic (exact) mass is 398 g/mol. The third-order valence-corrected chi connectivity index (χ3v) is 3.71. The summed E-state index contributed by atoms with van der Waals surface area (Å²) in [5.74, 6) is 1.15. The molecule has 0 saturated heterocycles. The molecule has 27 heavy (non-hydrogen) atoms. The van der Waals surface area contributed by atoms with Crippen molar-refractivity contribution in [2.45, 2.75) is 25.4 Å². The average Bonchev–Trinajstić information content (AvgIpc) is 2.60. The van der Waals surface area contributed by atoms with Crippen LogP contribution in [0.1, 0.15) is 24.8 Å². The van der Waals surface area contributed by atoms with Gasteiger partial charge in [-0.05, 0) is 67.9 Å². The predicted octanol–water partition coefficient (Wildman–Crippen LogP) is 4.99. The third kappa shape index (κ3) is 7.74. The summed E-state index contributed by atoms with van der Waals surface area (Å²) in [4.78, 5) is 0. The Morgan fingerprint density at radius 1 is 0.926 bits per heavy atom. The van der Waals surface area contributed by atoms with Crippen molar-refractivity contribution in [1.82, 2.24) is 0 Å². The molecule has 0 unspecified atom stereocenters. The summed E-state index contributed by atoms with van der Waals surface area (Å²) < 4.78 is 48.5. The van der Waals surface area contributed by atoms with Crippen molar-refractivity contribution in [3.63, 3.8) is 0 Å². The number of benzene rings is 2. The fourth-order valence-electron chi connectivity index (χ4n) is 2.31. The summed E-state index contributed by atoms with van der Waals surface area (Å²) in [6.07, 6.45) is -1.83. The van der Waals surface area contributed by atoms with Crippen LogP contribution in [0.4, 0.5) is 18.9 Å². The van der Waals surface area contributed by atoms with Crippen molar-refractivity contribution in [2.24, 2.45) is 5.73 Å². The molecule has 3 N–H and O–H groups in total. The molecule has 0 bridgehead atoms. The van der Waals surface area contributed by atoms with E-state index in [1.807, 2.05) is 24.3 Å². The van der Waals surface area contributed by atoms with E-state index in [0.717, 1.165) is 42.8 Å². The number of hydrogen-bond acceptors (Lipinski definition) is 3. The molecule has 0 spiro atoms. The third-order valence-electron chi connectivity index (χ3n) is 3.61. The second-order valence-electron chi connectivity index (χ2n) is 5.80. The maximum Gasteiger partial charge on any atom is 0.416 e. The lowest BCUT2D eigenvalue weighted by Crippen LogP contribution is -2.18. The Balaban J connectivity index is 1.60. The van der Waals surface area contributed by atoms with Gasteiger partial charge >= 0.3 is 6.18 Å². The van der Waals surface area contributed by atoms with Gasteiger partial charge in [0.25, 0.3) is 0 Å². The lowest BCUT2D eigenvalue weighted by molar-refractivity contribution is -0.137. The van der Waals surface area contributed by atoms with Crippen LogP contribution >= 0.6 is 12.2 Å². The molecule has 0 heterocycles. The molecular weight excluding hydrogens is 377 g/mol. The number of ether oxygens (including phenoxy) is 2. The number of alkyl halides is 3. The van der Waals surface area contributed by atoms with E-state index in [2.05, 4.69) is 5.32 Å². The van der Waals surface area contributed by atoms with Crippen molar-refractivity contribution >= 4 is 23.0 Å². The van der Waals surface area contributed by atoms with Crippen LogP contribution in [0.5, 0.6) is 11.5 Å². The first-order chi connectivity index (χ1) is 12.8. The highest BCUT2D eigenvalue weighted by molar-refractivity contribution is 7.80. The van der Waals surface area contributed by atoms with Crippen molar-refractivity contribution in [3.8, 4) is 11.5 Å². The number of thiocarbonyl (C=S) groups is 1. The zero-order valence-electron chi connectivity index (χ0n) is 14.6. The van der Waals surface area contributed by atoms with E-state index in [1.165, 1.54) is 12.1 Å². The molecule has 2 aromatic rings. The van der Waals surface area contributed by atoms with E-state index in [4.69, 9.17) is 27.4 Å². The van der Waals surface area contributed by atoms with Gasteiger partial charge in [0.2, 0.25) is 0 Å². The van der Waals surface area contributed by atoms with Gasteiger partial charge in [0, 0.05) is 11.8 Å². The molecule has 4 nitrogen and oxygen atoms in total. The zero-order valence-corrected chi connectivity index (χ0v) is 15.4. The van der Waals surface area contributed by atoms with E-state index >= 15 is 0 Å². The van der Waals surface area contributed by atoms with Crippen LogP contribution in [0.25, 0.3) is 0 Å². The van der Waals surface area contributed by atoms with E-state index in [0.29, 0.717) is 19.0 Å². The Bertz CT molecular complexity index is 736. The normalized spacial score (nSPS) is 11.1. The van der Waals surface area contributed by atoms with E-state index < -0.39 is 11.7 Å². The molecule has 0 aliphatic rings. The average molecular weight is 398 g/mol. The van der Waals surface area contributed by atoms with Crippen LogP contribution in [0.2, 0.25) is 0 Å². The molecule has 146 valence electrons. The van der Waals surface area contributed by atoms with Crippen LogP contribution < -0.4 is 20.5 Å². The van der Waals surface area contributed by atoms with Crippen LogP contribution in [-0.2, 0) is 6.18 Å². The number of anilines is 1. The van der Waals surface area contributed by atoms with Gasteiger partial charge in [0.15, 0.2) is 5.11 Å². The smallest absolute Gasteiger partial charge is 0.416 e. The van der Waals surface area contributed by atoms with Crippen molar-refractivity contribution < 1.29 is 22.6 Å². The molecule has 0 aromatic heterocycles. The molecular formula is C19H21F3N2O2S. The minimum absolute atomic E-state index is 0.195. The standard InChI is InChI=1S/C19H21F3N2O2S/c20-19(21,22)14-7-9-16(10-8-14)25-11-2-1-3-12-26-17-6-4-5-15(13-17)24-18(23)27/h4-10,13H,1-3,11-12H2,(H3,23,24,27). The Labute approximate surface area is 161 Å². The van der Waals surface area contributed by atoms with Crippen LogP contribution in [0.15, 0.2) is 48.5 Å². The van der Waals surface area contributed by atoms with E-state index in [-0.39, 0.29) is 5.11 Å². The fourth-order valence-corrected chi connectivity index (χ4v) is 2.42. The molecule has 0 fully saturated rings. The fraction of sp³-hybridized carbons (Fsp3) is 0.316. The van der Waals surface area contributed by atoms with Gasteiger partial charge in [-0.25, -0.2) is 0 Å². The molecule has 0 atom stereocenters. The Morgan fingerprint density at radius 2 is 1.56 bits per heavy atom. The molecule has 0 aliphatic heterocycles. The second kappa shape index (κ2) is 10.0. The summed E-state index contributed by atoms with van der Waals surface area (Å²) in [7, 11) is 0. The topological polar surface area (TPSA) is 56.5 Å². The summed E-state index contributed by atoms with van der Waals surface area (Å²) >= 11 is 4.79. The quantitative estimate of drug-likeness (QED) is 0.460. The van der Waals surface area contributed by atoms with E-state index in [1.54, 1.807) is 0 Å². The molecule has 0 amide bonds. The van der Waals surface area contributed by atoms with Gasteiger partial charge < -0.3 is 20.5 Å². The number of unbranched alkanes of at least 4 members (excludes halogenated alkanes) is 2. The highest BCUT2D eigenvalue weighted by Crippen LogP contribution is 2.30. The number of nitrogens with one attached hydrogen (secondary N) is 1. The van der Waals surface area contributed by atoms with Crippen molar-refractivity contribution in [2.75, 3.05) is 18.5 Å². The first-order valence-electron chi connectivity index (χ1n) is 8.44. The largest absolute Gasteiger partial charge is 0.494 e. The molecule has 0 radical (unpaired) electrons. The molecule has 0 saturated carbocycles. The van der Waals surface area contributed by atoms with Crippen LogP contribution in [0, 0.1) is 0 Å².